The Morgan fingerprint density at radius 2 is 1.93 bits per heavy atom. The van der Waals surface area contributed by atoms with Crippen molar-refractivity contribution >= 4 is 15.5 Å². The standard InChI is InChI=1S/C11H17NO2S/c1-9-4-5-11(10(2)8-9)12-6-7-15(3,13)14/h4-5,8,12H,6-7H2,1-3H3. The summed E-state index contributed by atoms with van der Waals surface area (Å²) in [6.45, 7) is 4.51. The van der Waals surface area contributed by atoms with Crippen molar-refractivity contribution in [1.82, 2.24) is 0 Å². The molecule has 15 heavy (non-hydrogen) atoms. The van der Waals surface area contributed by atoms with Gasteiger partial charge in [-0.2, -0.15) is 0 Å². The highest BCUT2D eigenvalue weighted by Gasteiger charge is 2.02. The second-order valence-corrected chi connectivity index (χ2v) is 6.13. The summed E-state index contributed by atoms with van der Waals surface area (Å²) in [7, 11) is -2.88. The molecule has 0 fully saturated rings. The molecule has 0 atom stereocenters. The molecule has 3 nitrogen and oxygen atoms in total. The molecule has 1 rings (SSSR count). The predicted molar refractivity (Wildman–Crippen MR) is 64.1 cm³/mol. The Labute approximate surface area is 91.4 Å². The van der Waals surface area contributed by atoms with Crippen molar-refractivity contribution in [3.63, 3.8) is 0 Å². The van der Waals surface area contributed by atoms with Gasteiger partial charge in [0.15, 0.2) is 0 Å². The van der Waals surface area contributed by atoms with E-state index in [9.17, 15) is 8.42 Å². The van der Waals surface area contributed by atoms with Crippen LogP contribution in [-0.2, 0) is 9.84 Å². The average molecular weight is 227 g/mol. The summed E-state index contributed by atoms with van der Waals surface area (Å²) in [6, 6.07) is 6.06. The second-order valence-electron chi connectivity index (χ2n) is 3.88. The molecule has 0 aromatic heterocycles. The van der Waals surface area contributed by atoms with Gasteiger partial charge < -0.3 is 5.32 Å². The SMILES string of the molecule is Cc1ccc(NCCS(C)(=O)=O)c(C)c1. The number of anilines is 1. The van der Waals surface area contributed by atoms with Gasteiger partial charge in [0.2, 0.25) is 0 Å². The molecule has 4 heteroatoms. The molecule has 0 saturated heterocycles. The van der Waals surface area contributed by atoms with Crippen LogP contribution in [0.5, 0.6) is 0 Å². The van der Waals surface area contributed by atoms with Crippen LogP contribution in [0.2, 0.25) is 0 Å². The minimum Gasteiger partial charge on any atom is -0.384 e. The lowest BCUT2D eigenvalue weighted by Crippen LogP contribution is -2.14. The first kappa shape index (κ1) is 12.0. The maximum absolute atomic E-state index is 10.9. The van der Waals surface area contributed by atoms with Crippen molar-refractivity contribution in [3.8, 4) is 0 Å². The summed E-state index contributed by atoms with van der Waals surface area (Å²) >= 11 is 0. The largest absolute Gasteiger partial charge is 0.384 e. The molecule has 0 aliphatic rings. The highest BCUT2D eigenvalue weighted by atomic mass is 32.2. The van der Waals surface area contributed by atoms with Gasteiger partial charge in [-0.3, -0.25) is 0 Å². The lowest BCUT2D eigenvalue weighted by atomic mass is 10.1. The molecule has 0 heterocycles. The van der Waals surface area contributed by atoms with Crippen molar-refractivity contribution in [2.75, 3.05) is 23.9 Å². The first-order chi connectivity index (χ1) is 6.88. The van der Waals surface area contributed by atoms with E-state index in [-0.39, 0.29) is 5.75 Å². The summed E-state index contributed by atoms with van der Waals surface area (Å²) in [6.07, 6.45) is 1.25. The van der Waals surface area contributed by atoms with Gasteiger partial charge in [-0.05, 0) is 25.5 Å². The van der Waals surface area contributed by atoms with Gasteiger partial charge in [0, 0.05) is 18.5 Å². The van der Waals surface area contributed by atoms with Crippen LogP contribution < -0.4 is 5.32 Å². The van der Waals surface area contributed by atoms with Gasteiger partial charge in [-0.1, -0.05) is 17.7 Å². The summed E-state index contributed by atoms with van der Waals surface area (Å²) in [5.74, 6) is 0.167. The van der Waals surface area contributed by atoms with Crippen molar-refractivity contribution in [3.05, 3.63) is 29.3 Å². The molecular weight excluding hydrogens is 210 g/mol. The van der Waals surface area contributed by atoms with Crippen molar-refractivity contribution in [1.29, 1.82) is 0 Å². The van der Waals surface area contributed by atoms with E-state index in [1.54, 1.807) is 0 Å². The zero-order chi connectivity index (χ0) is 11.5. The molecule has 0 saturated carbocycles. The first-order valence-electron chi connectivity index (χ1n) is 4.87. The third-order valence-corrected chi connectivity index (χ3v) is 3.12. The Hall–Kier alpha value is -1.03. The topological polar surface area (TPSA) is 46.2 Å². The Bertz CT molecular complexity index is 438. The van der Waals surface area contributed by atoms with E-state index in [0.717, 1.165) is 11.3 Å². The van der Waals surface area contributed by atoms with Gasteiger partial charge in [0.1, 0.15) is 9.84 Å². The highest BCUT2D eigenvalue weighted by Crippen LogP contribution is 2.15. The Morgan fingerprint density at radius 3 is 2.47 bits per heavy atom. The summed E-state index contributed by atoms with van der Waals surface area (Å²) < 4.78 is 21.8. The van der Waals surface area contributed by atoms with Crippen LogP contribution in [0.4, 0.5) is 5.69 Å². The van der Waals surface area contributed by atoms with E-state index in [1.165, 1.54) is 11.8 Å². The predicted octanol–water partition coefficient (Wildman–Crippen LogP) is 1.76. The van der Waals surface area contributed by atoms with Gasteiger partial charge in [0.05, 0.1) is 5.75 Å². The monoisotopic (exact) mass is 227 g/mol. The van der Waals surface area contributed by atoms with Crippen LogP contribution in [0.3, 0.4) is 0 Å². The van der Waals surface area contributed by atoms with Gasteiger partial charge >= 0.3 is 0 Å². The van der Waals surface area contributed by atoms with Crippen molar-refractivity contribution < 1.29 is 8.42 Å². The van der Waals surface area contributed by atoms with E-state index in [2.05, 4.69) is 11.4 Å². The van der Waals surface area contributed by atoms with Crippen LogP contribution in [0.15, 0.2) is 18.2 Å². The maximum Gasteiger partial charge on any atom is 0.149 e. The fraction of sp³-hybridized carbons (Fsp3) is 0.455. The highest BCUT2D eigenvalue weighted by molar-refractivity contribution is 7.90. The molecule has 0 bridgehead atoms. The molecule has 1 aromatic carbocycles. The normalized spacial score (nSPS) is 11.4. The smallest absolute Gasteiger partial charge is 0.149 e. The van der Waals surface area contributed by atoms with E-state index >= 15 is 0 Å². The molecule has 0 radical (unpaired) electrons. The van der Waals surface area contributed by atoms with Crippen molar-refractivity contribution in [2.45, 2.75) is 13.8 Å². The number of sulfone groups is 1. The fourth-order valence-electron chi connectivity index (χ4n) is 1.38. The summed E-state index contributed by atoms with van der Waals surface area (Å²) in [4.78, 5) is 0. The molecule has 0 aliphatic carbocycles. The van der Waals surface area contributed by atoms with Gasteiger partial charge in [0.25, 0.3) is 0 Å². The Kier molecular flexibility index (Phi) is 3.74. The minimum absolute atomic E-state index is 0.167. The quantitative estimate of drug-likeness (QED) is 0.852. The number of rotatable bonds is 4. The second kappa shape index (κ2) is 4.66. The lowest BCUT2D eigenvalue weighted by molar-refractivity contribution is 0.602. The number of hydrogen-bond acceptors (Lipinski definition) is 3. The van der Waals surface area contributed by atoms with Crippen LogP contribution in [0.25, 0.3) is 0 Å². The van der Waals surface area contributed by atoms with E-state index < -0.39 is 9.84 Å². The summed E-state index contributed by atoms with van der Waals surface area (Å²) in [5, 5.41) is 3.12. The zero-order valence-corrected chi connectivity index (χ0v) is 10.2. The molecule has 0 spiro atoms. The minimum atomic E-state index is -2.88. The third kappa shape index (κ3) is 4.34. The third-order valence-electron chi connectivity index (χ3n) is 2.17. The van der Waals surface area contributed by atoms with Crippen LogP contribution in [-0.4, -0.2) is 27.0 Å². The number of hydrogen-bond donors (Lipinski definition) is 1. The molecule has 1 N–H and O–H groups in total. The van der Waals surface area contributed by atoms with Crippen LogP contribution in [0, 0.1) is 13.8 Å². The molecule has 1 aromatic rings. The van der Waals surface area contributed by atoms with Gasteiger partial charge in [-0.15, -0.1) is 0 Å². The Balaban J connectivity index is 2.59. The fourth-order valence-corrected chi connectivity index (χ4v) is 1.86. The first-order valence-corrected chi connectivity index (χ1v) is 6.93. The number of benzene rings is 1. The van der Waals surface area contributed by atoms with E-state index in [1.807, 2.05) is 26.0 Å². The molecular formula is C11H17NO2S. The van der Waals surface area contributed by atoms with E-state index in [0.29, 0.717) is 6.54 Å². The van der Waals surface area contributed by atoms with E-state index in [4.69, 9.17) is 0 Å². The number of nitrogens with one attached hydrogen (secondary N) is 1. The lowest BCUT2D eigenvalue weighted by Gasteiger charge is -2.09. The molecule has 0 unspecified atom stereocenters. The average Bonchev–Trinajstić information content (AvgIpc) is 2.07. The van der Waals surface area contributed by atoms with Crippen molar-refractivity contribution in [2.24, 2.45) is 0 Å². The zero-order valence-electron chi connectivity index (χ0n) is 9.37. The Morgan fingerprint density at radius 1 is 1.27 bits per heavy atom. The molecule has 84 valence electrons. The van der Waals surface area contributed by atoms with Crippen LogP contribution in [0.1, 0.15) is 11.1 Å². The van der Waals surface area contributed by atoms with Crippen LogP contribution >= 0.6 is 0 Å². The van der Waals surface area contributed by atoms with Gasteiger partial charge in [-0.25, -0.2) is 8.42 Å². The maximum atomic E-state index is 10.9. The number of aryl methyl sites for hydroxylation is 2. The summed E-state index contributed by atoms with van der Waals surface area (Å²) in [5.41, 5.74) is 3.36. The molecule has 0 aliphatic heterocycles. The molecule has 0 amide bonds.